The highest BCUT2D eigenvalue weighted by Crippen LogP contribution is 2.45. The third kappa shape index (κ3) is 3.83. The first kappa shape index (κ1) is 13.6. The van der Waals surface area contributed by atoms with Crippen molar-refractivity contribution in [2.75, 3.05) is 0 Å². The molecule has 1 nitrogen and oxygen atoms in total. The number of hydrogen-bond donors (Lipinski definition) is 1. The normalized spacial score (nSPS) is 26.0. The van der Waals surface area contributed by atoms with E-state index in [4.69, 9.17) is 6.42 Å². The molecule has 0 spiro atoms. The van der Waals surface area contributed by atoms with Gasteiger partial charge in [0.1, 0.15) is 0 Å². The Morgan fingerprint density at radius 3 is 2.12 bits per heavy atom. The average molecular weight is 221 g/mol. The van der Waals surface area contributed by atoms with Gasteiger partial charge in [0.15, 0.2) is 0 Å². The topological polar surface area (TPSA) is 12.0 Å². The minimum atomic E-state index is 0.245. The third-order valence-electron chi connectivity index (χ3n) is 3.60. The fourth-order valence-electron chi connectivity index (χ4n) is 3.53. The lowest BCUT2D eigenvalue weighted by Gasteiger charge is -2.45. The molecule has 1 fully saturated rings. The molecule has 0 amide bonds. The van der Waals surface area contributed by atoms with Crippen LogP contribution < -0.4 is 5.32 Å². The molecule has 1 atom stereocenters. The average Bonchev–Trinajstić information content (AvgIpc) is 2.09. The first-order valence-electron chi connectivity index (χ1n) is 6.50. The molecule has 0 aromatic rings. The molecule has 92 valence electrons. The minimum absolute atomic E-state index is 0.245. The highest BCUT2D eigenvalue weighted by molar-refractivity contribution is 5.01. The zero-order valence-electron chi connectivity index (χ0n) is 11.6. The van der Waals surface area contributed by atoms with Crippen LogP contribution in [0.4, 0.5) is 0 Å². The molecule has 0 radical (unpaired) electrons. The molecule has 1 unspecified atom stereocenters. The maximum absolute atomic E-state index is 5.52. The number of hydrogen-bond acceptors (Lipinski definition) is 1. The molecule has 0 heterocycles. The van der Waals surface area contributed by atoms with Gasteiger partial charge in [-0.1, -0.05) is 40.5 Å². The van der Waals surface area contributed by atoms with Crippen LogP contribution in [-0.4, -0.2) is 12.1 Å². The van der Waals surface area contributed by atoms with E-state index >= 15 is 0 Å². The maximum Gasteiger partial charge on any atom is 0.0686 e. The zero-order valence-corrected chi connectivity index (χ0v) is 11.6. The van der Waals surface area contributed by atoms with Crippen LogP contribution in [0.1, 0.15) is 60.3 Å². The van der Waals surface area contributed by atoms with Crippen molar-refractivity contribution in [2.24, 2.45) is 10.8 Å². The molecule has 1 aliphatic rings. The summed E-state index contributed by atoms with van der Waals surface area (Å²) in [4.78, 5) is 0. The van der Waals surface area contributed by atoms with Gasteiger partial charge in [-0.2, -0.15) is 0 Å². The van der Waals surface area contributed by atoms with Gasteiger partial charge < -0.3 is 5.32 Å². The highest BCUT2D eigenvalue weighted by Gasteiger charge is 2.38. The van der Waals surface area contributed by atoms with Gasteiger partial charge in [-0.25, -0.2) is 0 Å². The van der Waals surface area contributed by atoms with Gasteiger partial charge in [0, 0.05) is 6.04 Å². The zero-order chi connectivity index (χ0) is 12.4. The van der Waals surface area contributed by atoms with E-state index in [1.165, 1.54) is 19.3 Å². The molecule has 1 saturated carbocycles. The molecule has 1 heteroatoms. The Labute approximate surface area is 101 Å². The summed E-state index contributed by atoms with van der Waals surface area (Å²) in [5.74, 6) is 2.84. The molecule has 1 aliphatic carbocycles. The molecule has 0 aromatic heterocycles. The Bertz CT molecular complexity index is 254. The van der Waals surface area contributed by atoms with Crippen molar-refractivity contribution in [2.45, 2.75) is 72.4 Å². The van der Waals surface area contributed by atoms with Crippen LogP contribution in [0, 0.1) is 23.2 Å². The molecule has 0 saturated heterocycles. The van der Waals surface area contributed by atoms with E-state index in [-0.39, 0.29) is 6.04 Å². The second-order valence-corrected chi connectivity index (χ2v) is 6.90. The summed E-state index contributed by atoms with van der Waals surface area (Å²) in [7, 11) is 0. The maximum atomic E-state index is 5.52. The van der Waals surface area contributed by atoms with Crippen LogP contribution in [0.5, 0.6) is 0 Å². The van der Waals surface area contributed by atoms with Crippen molar-refractivity contribution < 1.29 is 0 Å². The van der Waals surface area contributed by atoms with Crippen molar-refractivity contribution in [3.05, 3.63) is 0 Å². The largest absolute Gasteiger partial charge is 0.301 e. The van der Waals surface area contributed by atoms with Crippen molar-refractivity contribution in [3.8, 4) is 12.3 Å². The van der Waals surface area contributed by atoms with E-state index in [1.54, 1.807) is 0 Å². The van der Waals surface area contributed by atoms with E-state index in [1.807, 2.05) is 0 Å². The van der Waals surface area contributed by atoms with Crippen LogP contribution >= 0.6 is 0 Å². The number of terminal acetylenes is 1. The van der Waals surface area contributed by atoms with Gasteiger partial charge in [0.05, 0.1) is 6.04 Å². The van der Waals surface area contributed by atoms with E-state index in [0.717, 1.165) is 6.42 Å². The summed E-state index contributed by atoms with van der Waals surface area (Å²) in [5.41, 5.74) is 0.874. The quantitative estimate of drug-likeness (QED) is 0.718. The molecule has 1 rings (SSSR count). The van der Waals surface area contributed by atoms with Crippen molar-refractivity contribution in [1.82, 2.24) is 5.32 Å². The first-order valence-corrected chi connectivity index (χ1v) is 6.50. The highest BCUT2D eigenvalue weighted by atomic mass is 15.0. The second-order valence-electron chi connectivity index (χ2n) is 6.90. The van der Waals surface area contributed by atoms with Gasteiger partial charge in [-0.3, -0.25) is 0 Å². The molecule has 1 N–H and O–H groups in total. The Hall–Kier alpha value is -0.480. The standard InChI is InChI=1S/C15H27N/c1-7-12(8-2)16-13-9-14(3,4)11-15(5,6)10-13/h1,12-13,16H,8-11H2,2-6H3. The first-order chi connectivity index (χ1) is 7.28. The molecule has 0 aromatic carbocycles. The van der Waals surface area contributed by atoms with Crippen LogP contribution in [0.3, 0.4) is 0 Å². The van der Waals surface area contributed by atoms with Crippen molar-refractivity contribution in [1.29, 1.82) is 0 Å². The predicted molar refractivity (Wildman–Crippen MR) is 71.2 cm³/mol. The Morgan fingerprint density at radius 2 is 1.75 bits per heavy atom. The minimum Gasteiger partial charge on any atom is -0.301 e. The SMILES string of the molecule is C#CC(CC)NC1CC(C)(C)CC(C)(C)C1. The molecule has 0 bridgehead atoms. The van der Waals surface area contributed by atoms with Crippen LogP contribution in [0.15, 0.2) is 0 Å². The van der Waals surface area contributed by atoms with Crippen LogP contribution in [0.2, 0.25) is 0 Å². The van der Waals surface area contributed by atoms with E-state index < -0.39 is 0 Å². The fourth-order valence-corrected chi connectivity index (χ4v) is 3.53. The van der Waals surface area contributed by atoms with E-state index in [9.17, 15) is 0 Å². The molecule has 16 heavy (non-hydrogen) atoms. The lowest BCUT2D eigenvalue weighted by Crippen LogP contribution is -2.47. The summed E-state index contributed by atoms with van der Waals surface area (Å²) in [5, 5.41) is 3.63. The monoisotopic (exact) mass is 221 g/mol. The smallest absolute Gasteiger partial charge is 0.0686 e. The molecular formula is C15H27N. The van der Waals surface area contributed by atoms with E-state index in [0.29, 0.717) is 16.9 Å². The van der Waals surface area contributed by atoms with E-state index in [2.05, 4.69) is 45.9 Å². The van der Waals surface area contributed by atoms with Gasteiger partial charge in [-0.05, 0) is 36.5 Å². The summed E-state index contributed by atoms with van der Waals surface area (Å²) in [6, 6.07) is 0.828. The molecule has 0 aliphatic heterocycles. The Balaban J connectivity index is 2.65. The summed E-state index contributed by atoms with van der Waals surface area (Å²) < 4.78 is 0. The van der Waals surface area contributed by atoms with Crippen LogP contribution in [0.25, 0.3) is 0 Å². The van der Waals surface area contributed by atoms with Gasteiger partial charge in [0.2, 0.25) is 0 Å². The predicted octanol–water partition coefficient (Wildman–Crippen LogP) is 3.59. The summed E-state index contributed by atoms with van der Waals surface area (Å²) >= 11 is 0. The lowest BCUT2D eigenvalue weighted by molar-refractivity contribution is 0.0827. The summed E-state index contributed by atoms with van der Waals surface area (Å²) in [6.45, 7) is 11.6. The van der Waals surface area contributed by atoms with Gasteiger partial charge in [-0.15, -0.1) is 6.42 Å². The van der Waals surface area contributed by atoms with Gasteiger partial charge in [0.25, 0.3) is 0 Å². The Morgan fingerprint density at radius 1 is 1.25 bits per heavy atom. The van der Waals surface area contributed by atoms with Gasteiger partial charge >= 0.3 is 0 Å². The summed E-state index contributed by atoms with van der Waals surface area (Å²) in [6.07, 6.45) is 10.3. The molecular weight excluding hydrogens is 194 g/mol. The number of nitrogens with one attached hydrogen (secondary N) is 1. The fraction of sp³-hybridized carbons (Fsp3) is 0.867. The lowest BCUT2D eigenvalue weighted by atomic mass is 9.63. The van der Waals surface area contributed by atoms with Crippen molar-refractivity contribution >= 4 is 0 Å². The van der Waals surface area contributed by atoms with Crippen LogP contribution in [-0.2, 0) is 0 Å². The number of rotatable bonds is 3. The second kappa shape index (κ2) is 4.80. The van der Waals surface area contributed by atoms with Crippen molar-refractivity contribution in [3.63, 3.8) is 0 Å². The Kier molecular flexibility index (Phi) is 4.07. The third-order valence-corrected chi connectivity index (χ3v) is 3.60.